The van der Waals surface area contributed by atoms with Gasteiger partial charge in [0.15, 0.2) is 0 Å². The van der Waals surface area contributed by atoms with Crippen LogP contribution in [0.1, 0.15) is 48.3 Å². The van der Waals surface area contributed by atoms with Gasteiger partial charge >= 0.3 is 12.1 Å². The van der Waals surface area contributed by atoms with Gasteiger partial charge in [0.05, 0.1) is 17.3 Å². The molecule has 2 aromatic heterocycles. The number of carboxylic acids is 1. The molecule has 1 amide bonds. The standard InChI is InChI=1S/C20H24N6O.C2HF3O2/c1-2-5-15-14-26(24-23-15)16-8-12-25(13-9-16)20(27)18-7-4-3-6-17(18)19-21-10-11-22-19;3-2(4,5)1(6)7/h3-4,6-7,10-11,14,16H,2,5,8-9,12-13H2,1H3,(H,21,22);(H,6,7). The number of carbonyl (C=O) groups is 2. The number of rotatable bonds is 5. The lowest BCUT2D eigenvalue weighted by molar-refractivity contribution is -0.192. The molecule has 1 fully saturated rings. The van der Waals surface area contributed by atoms with Crippen LogP contribution in [0, 0.1) is 0 Å². The number of amides is 1. The van der Waals surface area contributed by atoms with E-state index in [9.17, 15) is 18.0 Å². The first-order valence-corrected chi connectivity index (χ1v) is 10.8. The van der Waals surface area contributed by atoms with Gasteiger partial charge in [-0.15, -0.1) is 5.10 Å². The monoisotopic (exact) mass is 478 g/mol. The number of aliphatic carboxylic acids is 1. The van der Waals surface area contributed by atoms with Crippen LogP contribution in [0.3, 0.4) is 0 Å². The van der Waals surface area contributed by atoms with Crippen molar-refractivity contribution in [2.24, 2.45) is 0 Å². The summed E-state index contributed by atoms with van der Waals surface area (Å²) in [6.45, 7) is 3.58. The van der Waals surface area contributed by atoms with Gasteiger partial charge in [-0.2, -0.15) is 13.2 Å². The summed E-state index contributed by atoms with van der Waals surface area (Å²) in [5.41, 5.74) is 2.58. The highest BCUT2D eigenvalue weighted by Gasteiger charge is 2.38. The zero-order chi connectivity index (χ0) is 24.7. The van der Waals surface area contributed by atoms with Gasteiger partial charge in [0.1, 0.15) is 5.82 Å². The molecule has 1 saturated heterocycles. The lowest BCUT2D eigenvalue weighted by atomic mass is 10.0. The van der Waals surface area contributed by atoms with Gasteiger partial charge in [0, 0.05) is 37.2 Å². The fourth-order valence-corrected chi connectivity index (χ4v) is 3.66. The molecule has 1 aromatic carbocycles. The number of imidazole rings is 1. The molecule has 9 nitrogen and oxygen atoms in total. The van der Waals surface area contributed by atoms with Crippen molar-refractivity contribution in [2.45, 2.75) is 44.8 Å². The molecule has 0 saturated carbocycles. The summed E-state index contributed by atoms with van der Waals surface area (Å²) in [5.74, 6) is -1.97. The first kappa shape index (κ1) is 24.9. The van der Waals surface area contributed by atoms with Gasteiger partial charge in [-0.05, 0) is 25.3 Å². The smallest absolute Gasteiger partial charge is 0.475 e. The molecule has 1 aliphatic heterocycles. The molecule has 2 N–H and O–H groups in total. The van der Waals surface area contributed by atoms with E-state index in [1.165, 1.54) is 0 Å². The molecule has 1 aliphatic rings. The van der Waals surface area contributed by atoms with Crippen molar-refractivity contribution >= 4 is 11.9 Å². The summed E-state index contributed by atoms with van der Waals surface area (Å²) in [5, 5.41) is 15.7. The number of halogens is 3. The second-order valence-corrected chi connectivity index (χ2v) is 7.75. The number of nitrogens with zero attached hydrogens (tertiary/aromatic N) is 5. The minimum atomic E-state index is -5.08. The molecule has 3 heterocycles. The largest absolute Gasteiger partial charge is 0.490 e. The van der Waals surface area contributed by atoms with Gasteiger partial charge in [-0.1, -0.05) is 36.8 Å². The molecule has 34 heavy (non-hydrogen) atoms. The molecule has 0 aliphatic carbocycles. The van der Waals surface area contributed by atoms with Crippen molar-refractivity contribution in [3.05, 3.63) is 54.1 Å². The first-order valence-electron chi connectivity index (χ1n) is 10.8. The number of hydrogen-bond donors (Lipinski definition) is 2. The number of aryl methyl sites for hydroxylation is 1. The van der Waals surface area contributed by atoms with E-state index < -0.39 is 12.1 Å². The summed E-state index contributed by atoms with van der Waals surface area (Å²) in [6, 6.07) is 7.95. The Hall–Kier alpha value is -3.70. The normalized spacial score (nSPS) is 14.4. The molecule has 3 aromatic rings. The highest BCUT2D eigenvalue weighted by atomic mass is 19.4. The molecule has 0 unspecified atom stereocenters. The number of carbonyl (C=O) groups excluding carboxylic acids is 1. The summed E-state index contributed by atoms with van der Waals surface area (Å²) in [6.07, 6.45) is 4.26. The van der Waals surface area contributed by atoms with Crippen LogP contribution in [0.2, 0.25) is 0 Å². The van der Waals surface area contributed by atoms with Crippen molar-refractivity contribution in [3.8, 4) is 11.4 Å². The average molecular weight is 478 g/mol. The molecular formula is C22H25F3N6O3. The molecule has 0 radical (unpaired) electrons. The number of H-pyrrole nitrogens is 1. The van der Waals surface area contributed by atoms with E-state index >= 15 is 0 Å². The van der Waals surface area contributed by atoms with Gasteiger partial charge in [0.2, 0.25) is 0 Å². The molecule has 0 bridgehead atoms. The van der Waals surface area contributed by atoms with Crippen LogP contribution in [-0.2, 0) is 11.2 Å². The van der Waals surface area contributed by atoms with Gasteiger partial charge in [-0.3, -0.25) is 4.79 Å². The third kappa shape index (κ3) is 6.21. The Kier molecular flexibility index (Phi) is 8.03. The van der Waals surface area contributed by atoms with Crippen LogP contribution in [0.5, 0.6) is 0 Å². The lowest BCUT2D eigenvalue weighted by Gasteiger charge is -2.32. The molecule has 4 rings (SSSR count). The van der Waals surface area contributed by atoms with E-state index in [1.807, 2.05) is 33.8 Å². The van der Waals surface area contributed by atoms with Gasteiger partial charge in [0.25, 0.3) is 5.91 Å². The van der Waals surface area contributed by atoms with Crippen molar-refractivity contribution < 1.29 is 27.9 Å². The number of aromatic amines is 1. The second-order valence-electron chi connectivity index (χ2n) is 7.75. The number of nitrogens with one attached hydrogen (secondary N) is 1. The van der Waals surface area contributed by atoms with E-state index in [2.05, 4.69) is 33.4 Å². The molecule has 182 valence electrons. The Bertz CT molecular complexity index is 1090. The molecule has 0 spiro atoms. The predicted molar refractivity (Wildman–Crippen MR) is 116 cm³/mol. The van der Waals surface area contributed by atoms with E-state index in [4.69, 9.17) is 9.90 Å². The first-order chi connectivity index (χ1) is 16.2. The number of benzene rings is 1. The van der Waals surface area contributed by atoms with Gasteiger partial charge in [-0.25, -0.2) is 14.5 Å². The van der Waals surface area contributed by atoms with Crippen molar-refractivity contribution in [3.63, 3.8) is 0 Å². The summed E-state index contributed by atoms with van der Waals surface area (Å²) in [7, 11) is 0. The van der Waals surface area contributed by atoms with Crippen molar-refractivity contribution in [1.29, 1.82) is 0 Å². The Balaban J connectivity index is 0.000000406. The van der Waals surface area contributed by atoms with E-state index in [0.717, 1.165) is 55.9 Å². The third-order valence-electron chi connectivity index (χ3n) is 5.34. The number of hydrogen-bond acceptors (Lipinski definition) is 5. The van der Waals surface area contributed by atoms with Crippen LogP contribution in [-0.4, -0.2) is 66.1 Å². The Morgan fingerprint density at radius 1 is 1.21 bits per heavy atom. The Labute approximate surface area is 193 Å². The van der Waals surface area contributed by atoms with Crippen LogP contribution in [0.25, 0.3) is 11.4 Å². The lowest BCUT2D eigenvalue weighted by Crippen LogP contribution is -2.39. The minimum absolute atomic E-state index is 0.0608. The second kappa shape index (κ2) is 10.9. The van der Waals surface area contributed by atoms with Crippen molar-refractivity contribution in [1.82, 2.24) is 29.9 Å². The summed E-state index contributed by atoms with van der Waals surface area (Å²) in [4.78, 5) is 31.3. The van der Waals surface area contributed by atoms with Crippen LogP contribution in [0.4, 0.5) is 13.2 Å². The summed E-state index contributed by atoms with van der Waals surface area (Å²) >= 11 is 0. The van der Waals surface area contributed by atoms with Crippen molar-refractivity contribution in [2.75, 3.05) is 13.1 Å². The van der Waals surface area contributed by atoms with Crippen LogP contribution < -0.4 is 0 Å². The van der Waals surface area contributed by atoms with Crippen LogP contribution in [0.15, 0.2) is 42.9 Å². The topological polar surface area (TPSA) is 117 Å². The maximum Gasteiger partial charge on any atom is 0.490 e. The molecule has 0 atom stereocenters. The number of carboxylic acid groups (broad SMARTS) is 1. The van der Waals surface area contributed by atoms with Crippen LogP contribution >= 0.6 is 0 Å². The van der Waals surface area contributed by atoms with Gasteiger partial charge < -0.3 is 15.0 Å². The molecule has 12 heteroatoms. The maximum atomic E-state index is 13.1. The number of alkyl halides is 3. The third-order valence-corrected chi connectivity index (χ3v) is 5.34. The quantitative estimate of drug-likeness (QED) is 0.577. The predicted octanol–water partition coefficient (Wildman–Crippen LogP) is 3.73. The summed E-state index contributed by atoms with van der Waals surface area (Å²) < 4.78 is 33.7. The average Bonchev–Trinajstić information content (AvgIpc) is 3.51. The maximum absolute atomic E-state index is 13.1. The fourth-order valence-electron chi connectivity index (χ4n) is 3.66. The Morgan fingerprint density at radius 3 is 2.47 bits per heavy atom. The van der Waals surface area contributed by atoms with E-state index in [-0.39, 0.29) is 5.91 Å². The fraction of sp³-hybridized carbons (Fsp3) is 0.409. The number of likely N-dealkylation sites (tertiary alicyclic amines) is 1. The zero-order valence-corrected chi connectivity index (χ0v) is 18.5. The SMILES string of the molecule is CCCc1cn(C2CCN(C(=O)c3ccccc3-c3ncc[nH]3)CC2)nn1.O=C(O)C(F)(F)F. The minimum Gasteiger partial charge on any atom is -0.475 e. The Morgan fingerprint density at radius 2 is 1.88 bits per heavy atom. The number of aromatic nitrogens is 5. The number of piperidine rings is 1. The zero-order valence-electron chi connectivity index (χ0n) is 18.5. The molecular weight excluding hydrogens is 453 g/mol. The van der Waals surface area contributed by atoms with E-state index in [1.54, 1.807) is 12.4 Å². The van der Waals surface area contributed by atoms with E-state index in [0.29, 0.717) is 11.6 Å². The highest BCUT2D eigenvalue weighted by molar-refractivity contribution is 6.00. The highest BCUT2D eigenvalue weighted by Crippen LogP contribution is 2.26.